The molecule has 1 aliphatic carbocycles. The summed E-state index contributed by atoms with van der Waals surface area (Å²) in [6.45, 7) is 6.85. The Bertz CT molecular complexity index is 980. The molecular weight excluding hydrogens is 561 g/mol. The fraction of sp³-hybridized carbons (Fsp3) is 0.939. The summed E-state index contributed by atoms with van der Waals surface area (Å²) < 4.78 is 20.3. The first kappa shape index (κ1) is 32.6. The van der Waals surface area contributed by atoms with Gasteiger partial charge in [0.2, 0.25) is 11.8 Å². The van der Waals surface area contributed by atoms with E-state index in [0.717, 1.165) is 97.3 Å². The van der Waals surface area contributed by atoms with Crippen molar-refractivity contribution in [3.63, 3.8) is 0 Å². The van der Waals surface area contributed by atoms with E-state index in [1.165, 1.54) is 25.7 Å². The van der Waals surface area contributed by atoms with Gasteiger partial charge < -0.3 is 37.1 Å². The number of carbonyl (C=O) groups excluding carboxylic acids is 2. The van der Waals surface area contributed by atoms with Gasteiger partial charge in [-0.1, -0.05) is 25.7 Å². The monoisotopic (exact) mass is 619 g/mol. The first-order chi connectivity index (χ1) is 21.3. The summed E-state index contributed by atoms with van der Waals surface area (Å²) >= 11 is 0. The molecule has 5 aliphatic heterocycles. The van der Waals surface area contributed by atoms with Crippen molar-refractivity contribution < 1.29 is 18.7 Å². The number of hydrogen-bond donors (Lipinski definition) is 5. The first-order valence-electron chi connectivity index (χ1n) is 17.8. The number of carbonyl (C=O) groups is 2. The molecule has 0 radical (unpaired) electrons. The normalized spacial score (nSPS) is 34.2. The summed E-state index contributed by atoms with van der Waals surface area (Å²) in [5.74, 6) is -0.352. The highest BCUT2D eigenvalue weighted by molar-refractivity contribution is 5.81. The zero-order chi connectivity index (χ0) is 30.7. The molecule has 6 fully saturated rings. The van der Waals surface area contributed by atoms with Crippen molar-refractivity contribution in [2.45, 2.75) is 114 Å². The van der Waals surface area contributed by atoms with Crippen molar-refractivity contribution in [3.05, 3.63) is 0 Å². The largest absolute Gasteiger partial charge is 0.380 e. The van der Waals surface area contributed by atoms with E-state index in [9.17, 15) is 14.0 Å². The molecule has 2 amide bonds. The lowest BCUT2D eigenvalue weighted by Crippen LogP contribution is -2.65. The standard InChI is InChI=1S/C33H58FN7O3/c34-24-5-11-32(9-3-1-2-4-10-32)17-25(38-18-24)28(29(35)36)30(42)39-26-19-37-13-6-27(26)40-14-7-23(8-15-40)31(43)41-16-12-33(20-41)21-44-22-33/h23-29,37-38H,1-22,35-36H2,(H,39,42). The van der Waals surface area contributed by atoms with Crippen LogP contribution in [0.1, 0.15) is 83.5 Å². The molecular formula is C33H58FN7O3. The molecule has 2 spiro atoms. The van der Waals surface area contributed by atoms with Crippen LogP contribution in [0.5, 0.6) is 0 Å². The quantitative estimate of drug-likeness (QED) is 0.282. The maximum atomic E-state index is 14.9. The third kappa shape index (κ3) is 7.28. The first-order valence-corrected chi connectivity index (χ1v) is 17.8. The van der Waals surface area contributed by atoms with Crippen molar-refractivity contribution in [1.82, 2.24) is 25.8 Å². The topological polar surface area (TPSA) is 138 Å². The molecule has 5 atom stereocenters. The van der Waals surface area contributed by atoms with Crippen LogP contribution in [-0.4, -0.2) is 111 Å². The molecule has 44 heavy (non-hydrogen) atoms. The Morgan fingerprint density at radius 1 is 0.909 bits per heavy atom. The maximum absolute atomic E-state index is 14.9. The van der Waals surface area contributed by atoms with E-state index >= 15 is 0 Å². The van der Waals surface area contributed by atoms with Gasteiger partial charge in [0, 0.05) is 49.6 Å². The number of hydrogen-bond acceptors (Lipinski definition) is 8. The molecule has 0 aromatic carbocycles. The number of halogens is 1. The number of nitrogens with two attached hydrogens (primary N) is 2. The molecule has 0 aromatic rings. The second-order valence-electron chi connectivity index (χ2n) is 15.4. The summed E-state index contributed by atoms with van der Waals surface area (Å²) in [4.78, 5) is 32.0. The molecule has 10 nitrogen and oxygen atoms in total. The molecule has 7 N–H and O–H groups in total. The molecule has 0 aromatic heterocycles. The van der Waals surface area contributed by atoms with Crippen LogP contribution in [0.4, 0.5) is 4.39 Å². The van der Waals surface area contributed by atoms with Crippen LogP contribution in [0.15, 0.2) is 0 Å². The predicted octanol–water partition coefficient (Wildman–Crippen LogP) is 1.47. The minimum atomic E-state index is -0.920. The Labute approximate surface area is 263 Å². The third-order valence-corrected chi connectivity index (χ3v) is 12.2. The van der Waals surface area contributed by atoms with E-state index in [2.05, 4.69) is 25.8 Å². The number of ether oxygens (including phenoxy) is 1. The van der Waals surface area contributed by atoms with Gasteiger partial charge in [-0.15, -0.1) is 0 Å². The van der Waals surface area contributed by atoms with Crippen LogP contribution in [0, 0.1) is 22.7 Å². The average Bonchev–Trinajstić information content (AvgIpc) is 3.34. The minimum absolute atomic E-state index is 0.0460. The van der Waals surface area contributed by atoms with Crippen LogP contribution >= 0.6 is 0 Å². The Morgan fingerprint density at radius 3 is 2.32 bits per heavy atom. The van der Waals surface area contributed by atoms with E-state index in [-0.39, 0.29) is 47.3 Å². The molecule has 1 saturated carbocycles. The van der Waals surface area contributed by atoms with Gasteiger partial charge >= 0.3 is 0 Å². The van der Waals surface area contributed by atoms with Crippen molar-refractivity contribution in [3.8, 4) is 0 Å². The van der Waals surface area contributed by atoms with Crippen LogP contribution < -0.4 is 27.4 Å². The Kier molecular flexibility index (Phi) is 10.5. The zero-order valence-corrected chi connectivity index (χ0v) is 26.7. The highest BCUT2D eigenvalue weighted by Crippen LogP contribution is 2.45. The van der Waals surface area contributed by atoms with Crippen molar-refractivity contribution >= 4 is 11.8 Å². The van der Waals surface area contributed by atoms with Gasteiger partial charge in [0.15, 0.2) is 0 Å². The van der Waals surface area contributed by atoms with Crippen molar-refractivity contribution in [2.75, 3.05) is 59.0 Å². The molecule has 5 unspecified atom stereocenters. The van der Waals surface area contributed by atoms with E-state index < -0.39 is 18.3 Å². The lowest BCUT2D eigenvalue weighted by Gasteiger charge is -2.45. The van der Waals surface area contributed by atoms with Gasteiger partial charge in [-0.3, -0.25) is 14.5 Å². The van der Waals surface area contributed by atoms with E-state index in [1.54, 1.807) is 0 Å². The third-order valence-electron chi connectivity index (χ3n) is 12.2. The number of rotatable bonds is 6. The van der Waals surface area contributed by atoms with Crippen molar-refractivity contribution in [1.29, 1.82) is 0 Å². The van der Waals surface area contributed by atoms with E-state index in [1.807, 2.05) is 0 Å². The summed E-state index contributed by atoms with van der Waals surface area (Å²) in [6.07, 6.45) is 11.2. The lowest BCUT2D eigenvalue weighted by molar-refractivity contribution is -0.140. The number of nitrogens with zero attached hydrogens (tertiary/aromatic N) is 2. The number of nitrogens with one attached hydrogen (secondary N) is 3. The fourth-order valence-corrected chi connectivity index (χ4v) is 9.49. The SMILES string of the molecule is NC(N)C(C(=O)NC1CNCCC1N1CCC(C(=O)N2CCC3(COC3)C2)CC1)C1CC2(CCCCCC2)CCC(F)CN1. The van der Waals surface area contributed by atoms with Crippen LogP contribution in [0.25, 0.3) is 0 Å². The summed E-state index contributed by atoms with van der Waals surface area (Å²) in [6, 6.07) is -0.127. The van der Waals surface area contributed by atoms with Gasteiger partial charge in [0.05, 0.1) is 31.3 Å². The van der Waals surface area contributed by atoms with Gasteiger partial charge in [-0.05, 0) is 82.8 Å². The van der Waals surface area contributed by atoms with E-state index in [4.69, 9.17) is 16.2 Å². The minimum Gasteiger partial charge on any atom is -0.380 e. The molecule has 0 bridgehead atoms. The number of likely N-dealkylation sites (tertiary alicyclic amines) is 2. The van der Waals surface area contributed by atoms with Crippen LogP contribution in [0.3, 0.4) is 0 Å². The average molecular weight is 620 g/mol. The molecule has 250 valence electrons. The molecule has 11 heteroatoms. The number of piperidine rings is 2. The molecule has 6 aliphatic rings. The lowest BCUT2D eigenvalue weighted by atomic mass is 9.68. The van der Waals surface area contributed by atoms with Crippen LogP contribution in [-0.2, 0) is 14.3 Å². The van der Waals surface area contributed by atoms with Gasteiger partial charge in [-0.25, -0.2) is 4.39 Å². The highest BCUT2D eigenvalue weighted by atomic mass is 19.1. The van der Waals surface area contributed by atoms with Gasteiger partial charge in [-0.2, -0.15) is 0 Å². The van der Waals surface area contributed by atoms with Gasteiger partial charge in [0.25, 0.3) is 0 Å². The van der Waals surface area contributed by atoms with Crippen molar-refractivity contribution in [2.24, 2.45) is 34.1 Å². The summed E-state index contributed by atoms with van der Waals surface area (Å²) in [5.41, 5.74) is 13.0. The second-order valence-corrected chi connectivity index (χ2v) is 15.4. The smallest absolute Gasteiger partial charge is 0.227 e. The van der Waals surface area contributed by atoms with Gasteiger partial charge in [0.1, 0.15) is 6.17 Å². The maximum Gasteiger partial charge on any atom is 0.227 e. The van der Waals surface area contributed by atoms with Crippen LogP contribution in [0.2, 0.25) is 0 Å². The predicted molar refractivity (Wildman–Crippen MR) is 168 cm³/mol. The Morgan fingerprint density at radius 2 is 1.66 bits per heavy atom. The molecule has 5 heterocycles. The number of alkyl halides is 1. The summed E-state index contributed by atoms with van der Waals surface area (Å²) in [5, 5.41) is 10.3. The number of amides is 2. The Balaban J connectivity index is 1.08. The zero-order valence-electron chi connectivity index (χ0n) is 26.7. The highest BCUT2D eigenvalue weighted by Gasteiger charge is 2.47. The Hall–Kier alpha value is -1.37. The summed E-state index contributed by atoms with van der Waals surface area (Å²) in [7, 11) is 0. The molecule has 6 rings (SSSR count). The van der Waals surface area contributed by atoms with E-state index in [0.29, 0.717) is 18.9 Å². The second kappa shape index (κ2) is 14.2. The fourth-order valence-electron chi connectivity index (χ4n) is 9.49. The molecule has 5 saturated heterocycles.